The number of halogens is 2. The van der Waals surface area contributed by atoms with Crippen molar-refractivity contribution in [2.45, 2.75) is 19.4 Å². The Morgan fingerprint density at radius 2 is 2.00 bits per heavy atom. The van der Waals surface area contributed by atoms with Gasteiger partial charge >= 0.3 is 0 Å². The summed E-state index contributed by atoms with van der Waals surface area (Å²) >= 11 is 11.8. The first-order valence-electron chi connectivity index (χ1n) is 7.29. The van der Waals surface area contributed by atoms with E-state index in [2.05, 4.69) is 15.3 Å². The molecular weight excluding hydrogens is 333 g/mol. The second-order valence-electron chi connectivity index (χ2n) is 5.20. The maximum Gasteiger partial charge on any atom is 0.251 e. The molecule has 118 valence electrons. The van der Waals surface area contributed by atoms with Gasteiger partial charge in [0.25, 0.3) is 5.91 Å². The second kappa shape index (κ2) is 6.60. The van der Waals surface area contributed by atoms with Crippen molar-refractivity contribution in [2.75, 3.05) is 0 Å². The largest absolute Gasteiger partial charge is 0.342 e. The molecule has 0 fully saturated rings. The van der Waals surface area contributed by atoms with Crippen molar-refractivity contribution in [1.82, 2.24) is 15.3 Å². The van der Waals surface area contributed by atoms with E-state index in [1.165, 1.54) is 0 Å². The smallest absolute Gasteiger partial charge is 0.251 e. The predicted molar refractivity (Wildman–Crippen MR) is 93.1 cm³/mol. The molecule has 0 aliphatic carbocycles. The maximum atomic E-state index is 12.4. The zero-order chi connectivity index (χ0) is 16.4. The maximum absolute atomic E-state index is 12.4. The van der Waals surface area contributed by atoms with Gasteiger partial charge in [-0.05, 0) is 36.8 Å². The molecule has 1 atom stereocenters. The summed E-state index contributed by atoms with van der Waals surface area (Å²) in [5.74, 6) is 0.526. The van der Waals surface area contributed by atoms with Crippen LogP contribution in [0, 0.1) is 0 Å². The normalized spacial score (nSPS) is 12.3. The molecule has 4 nitrogen and oxygen atoms in total. The lowest BCUT2D eigenvalue weighted by Gasteiger charge is -2.15. The molecule has 0 bridgehead atoms. The average Bonchev–Trinajstić information content (AvgIpc) is 2.98. The molecule has 0 radical (unpaired) electrons. The Morgan fingerprint density at radius 3 is 2.70 bits per heavy atom. The number of rotatable bonds is 4. The van der Waals surface area contributed by atoms with Gasteiger partial charge in [0.15, 0.2) is 0 Å². The number of imidazole rings is 1. The zero-order valence-electron chi connectivity index (χ0n) is 12.4. The van der Waals surface area contributed by atoms with Crippen molar-refractivity contribution in [3.05, 3.63) is 63.9 Å². The highest BCUT2D eigenvalue weighted by molar-refractivity contribution is 6.42. The van der Waals surface area contributed by atoms with E-state index < -0.39 is 0 Å². The number of carbonyl (C=O) groups is 1. The summed E-state index contributed by atoms with van der Waals surface area (Å²) in [4.78, 5) is 20.2. The van der Waals surface area contributed by atoms with Crippen LogP contribution >= 0.6 is 23.2 Å². The fourth-order valence-electron chi connectivity index (χ4n) is 2.38. The van der Waals surface area contributed by atoms with Crippen LogP contribution in [0.25, 0.3) is 11.0 Å². The van der Waals surface area contributed by atoms with Crippen LogP contribution in [0.2, 0.25) is 10.0 Å². The number of hydrogen-bond donors (Lipinski definition) is 2. The van der Waals surface area contributed by atoms with Gasteiger partial charge in [0.1, 0.15) is 5.82 Å². The van der Waals surface area contributed by atoms with Gasteiger partial charge in [-0.3, -0.25) is 4.79 Å². The molecule has 0 aliphatic heterocycles. The van der Waals surface area contributed by atoms with Crippen molar-refractivity contribution in [3.63, 3.8) is 0 Å². The summed E-state index contributed by atoms with van der Waals surface area (Å²) in [7, 11) is 0. The summed E-state index contributed by atoms with van der Waals surface area (Å²) in [5, 5.41) is 3.75. The third-order valence-electron chi connectivity index (χ3n) is 3.63. The number of hydrogen-bond acceptors (Lipinski definition) is 2. The Morgan fingerprint density at radius 1 is 1.22 bits per heavy atom. The van der Waals surface area contributed by atoms with Crippen LogP contribution in [-0.2, 0) is 0 Å². The molecule has 0 saturated heterocycles. The predicted octanol–water partition coefficient (Wildman–Crippen LogP) is 4.75. The van der Waals surface area contributed by atoms with Crippen LogP contribution in [0.1, 0.15) is 35.6 Å². The van der Waals surface area contributed by atoms with Crippen molar-refractivity contribution in [1.29, 1.82) is 0 Å². The Kier molecular flexibility index (Phi) is 4.55. The molecule has 1 heterocycles. The summed E-state index contributed by atoms with van der Waals surface area (Å²) in [6.45, 7) is 1.99. The minimum atomic E-state index is -0.212. The van der Waals surface area contributed by atoms with E-state index in [0.29, 0.717) is 22.0 Å². The van der Waals surface area contributed by atoms with Gasteiger partial charge in [-0.1, -0.05) is 42.3 Å². The number of aromatic amines is 1. The third-order valence-corrected chi connectivity index (χ3v) is 4.37. The molecule has 0 spiro atoms. The van der Waals surface area contributed by atoms with Gasteiger partial charge in [-0.25, -0.2) is 4.98 Å². The van der Waals surface area contributed by atoms with Gasteiger partial charge in [0.05, 0.1) is 27.1 Å². The van der Waals surface area contributed by atoms with Gasteiger partial charge in [-0.2, -0.15) is 0 Å². The second-order valence-corrected chi connectivity index (χ2v) is 6.02. The molecule has 23 heavy (non-hydrogen) atoms. The number of carbonyl (C=O) groups excluding carboxylic acids is 1. The Balaban J connectivity index is 1.83. The number of nitrogens with zero attached hydrogens (tertiary/aromatic N) is 1. The molecule has 0 aliphatic rings. The molecule has 3 aromatic rings. The van der Waals surface area contributed by atoms with E-state index in [1.54, 1.807) is 18.2 Å². The van der Waals surface area contributed by atoms with Crippen molar-refractivity contribution in [3.8, 4) is 0 Å². The van der Waals surface area contributed by atoms with E-state index in [4.69, 9.17) is 23.2 Å². The molecule has 1 amide bonds. The van der Waals surface area contributed by atoms with Crippen LogP contribution in [0.4, 0.5) is 0 Å². The fourth-order valence-corrected chi connectivity index (χ4v) is 2.68. The monoisotopic (exact) mass is 347 g/mol. The van der Waals surface area contributed by atoms with Gasteiger partial charge < -0.3 is 10.3 Å². The number of aromatic nitrogens is 2. The lowest BCUT2D eigenvalue weighted by atomic mass is 10.1. The van der Waals surface area contributed by atoms with Gasteiger partial charge in [0, 0.05) is 5.56 Å². The van der Waals surface area contributed by atoms with Crippen molar-refractivity contribution >= 4 is 40.1 Å². The third kappa shape index (κ3) is 3.33. The summed E-state index contributed by atoms with van der Waals surface area (Å²) in [6.07, 6.45) is 0.715. The van der Waals surface area contributed by atoms with E-state index in [-0.39, 0.29) is 11.9 Å². The Bertz CT molecular complexity index is 827. The summed E-state index contributed by atoms with van der Waals surface area (Å²) in [5.41, 5.74) is 2.29. The number of benzene rings is 2. The first kappa shape index (κ1) is 15.8. The topological polar surface area (TPSA) is 57.8 Å². The Hall–Kier alpha value is -2.04. The van der Waals surface area contributed by atoms with Crippen LogP contribution in [0.15, 0.2) is 42.5 Å². The number of amides is 1. The lowest BCUT2D eigenvalue weighted by molar-refractivity contribution is 0.0934. The fraction of sp³-hybridized carbons (Fsp3) is 0.176. The van der Waals surface area contributed by atoms with Crippen LogP contribution in [0.3, 0.4) is 0 Å². The molecular formula is C17H15Cl2N3O. The standard InChI is InChI=1S/C17H15Cl2N3O/c1-2-13(16-20-14-5-3-4-6-15(14)21-16)22-17(23)10-7-8-11(18)12(19)9-10/h3-9,13H,2H2,1H3,(H,20,21)(H,22,23). The highest BCUT2D eigenvalue weighted by Crippen LogP contribution is 2.23. The summed E-state index contributed by atoms with van der Waals surface area (Å²) in [6, 6.07) is 12.4. The average molecular weight is 348 g/mol. The number of para-hydroxylation sites is 2. The van der Waals surface area contributed by atoms with Crippen molar-refractivity contribution < 1.29 is 4.79 Å². The van der Waals surface area contributed by atoms with Crippen LogP contribution in [-0.4, -0.2) is 15.9 Å². The van der Waals surface area contributed by atoms with Crippen molar-refractivity contribution in [2.24, 2.45) is 0 Å². The molecule has 3 rings (SSSR count). The molecule has 2 N–H and O–H groups in total. The SMILES string of the molecule is CCC(NC(=O)c1ccc(Cl)c(Cl)c1)c1nc2ccccc2[nH]1. The molecule has 0 saturated carbocycles. The van der Waals surface area contributed by atoms with Crippen LogP contribution in [0.5, 0.6) is 0 Å². The van der Waals surface area contributed by atoms with E-state index in [9.17, 15) is 4.79 Å². The van der Waals surface area contributed by atoms with Gasteiger partial charge in [0.2, 0.25) is 0 Å². The molecule has 2 aromatic carbocycles. The van der Waals surface area contributed by atoms with E-state index >= 15 is 0 Å². The van der Waals surface area contributed by atoms with E-state index in [1.807, 2.05) is 31.2 Å². The number of H-pyrrole nitrogens is 1. The first-order valence-corrected chi connectivity index (χ1v) is 8.04. The summed E-state index contributed by atoms with van der Waals surface area (Å²) < 4.78 is 0. The van der Waals surface area contributed by atoms with Gasteiger partial charge in [-0.15, -0.1) is 0 Å². The zero-order valence-corrected chi connectivity index (χ0v) is 13.9. The highest BCUT2D eigenvalue weighted by atomic mass is 35.5. The molecule has 1 unspecified atom stereocenters. The lowest BCUT2D eigenvalue weighted by Crippen LogP contribution is -2.28. The molecule has 1 aromatic heterocycles. The number of nitrogens with one attached hydrogen (secondary N) is 2. The number of fused-ring (bicyclic) bond motifs is 1. The van der Waals surface area contributed by atoms with E-state index in [0.717, 1.165) is 16.9 Å². The minimum absolute atomic E-state index is 0.204. The van der Waals surface area contributed by atoms with Crippen LogP contribution < -0.4 is 5.32 Å². The first-order chi connectivity index (χ1) is 11.1. The highest BCUT2D eigenvalue weighted by Gasteiger charge is 2.18. The minimum Gasteiger partial charge on any atom is -0.342 e. The quantitative estimate of drug-likeness (QED) is 0.715. The Labute approximate surface area is 143 Å². The molecule has 6 heteroatoms.